The fourth-order valence-electron chi connectivity index (χ4n) is 1.93. The lowest BCUT2D eigenvalue weighted by atomic mass is 10.1. The molecule has 1 aromatic carbocycles. The Morgan fingerprint density at radius 3 is 2.73 bits per heavy atom. The molecule has 0 fully saturated rings. The van der Waals surface area contributed by atoms with Crippen LogP contribution in [0.2, 0.25) is 0 Å². The Bertz CT molecular complexity index is 652. The zero-order valence-corrected chi connectivity index (χ0v) is 13.3. The summed E-state index contributed by atoms with van der Waals surface area (Å²) in [6.07, 6.45) is 0.268. The second-order valence-electron chi connectivity index (χ2n) is 5.31. The minimum Gasteiger partial charge on any atom is -0.493 e. The normalized spacial score (nSPS) is 12.0. The van der Waals surface area contributed by atoms with Gasteiger partial charge in [-0.05, 0) is 51.0 Å². The molecule has 0 bridgehead atoms. The average molecular weight is 303 g/mol. The van der Waals surface area contributed by atoms with Crippen molar-refractivity contribution in [2.75, 3.05) is 6.61 Å². The maximum atomic E-state index is 11.9. The Labute approximate surface area is 129 Å². The van der Waals surface area contributed by atoms with E-state index in [1.165, 1.54) is 11.1 Å². The van der Waals surface area contributed by atoms with E-state index in [9.17, 15) is 4.79 Å². The number of rotatable bonds is 6. The van der Waals surface area contributed by atoms with Crippen molar-refractivity contribution in [3.05, 3.63) is 41.0 Å². The molecule has 6 heteroatoms. The molecule has 1 N–H and O–H groups in total. The monoisotopic (exact) mass is 303 g/mol. The maximum Gasteiger partial charge on any atom is 0.248 e. The van der Waals surface area contributed by atoms with Crippen LogP contribution in [0.4, 0.5) is 0 Å². The summed E-state index contributed by atoms with van der Waals surface area (Å²) >= 11 is 0. The number of amides is 1. The standard InChI is InChI=1S/C16H21N3O3/c1-10-5-6-14(9-11(10)2)21-8-7-15(20)17-12(3)16-18-13(4)19-22-16/h5-6,9,12H,7-8H2,1-4H3,(H,17,20). The summed E-state index contributed by atoms with van der Waals surface area (Å²) in [5.74, 6) is 1.61. The van der Waals surface area contributed by atoms with Crippen LogP contribution in [0.3, 0.4) is 0 Å². The molecule has 0 aliphatic rings. The molecule has 2 aromatic rings. The Morgan fingerprint density at radius 1 is 1.32 bits per heavy atom. The van der Waals surface area contributed by atoms with E-state index in [-0.39, 0.29) is 18.4 Å². The third kappa shape index (κ3) is 4.31. The lowest BCUT2D eigenvalue weighted by Crippen LogP contribution is -2.28. The fourth-order valence-corrected chi connectivity index (χ4v) is 1.93. The number of ether oxygens (including phenoxy) is 1. The van der Waals surface area contributed by atoms with Crippen molar-refractivity contribution in [2.24, 2.45) is 0 Å². The highest BCUT2D eigenvalue weighted by Crippen LogP contribution is 2.16. The quantitative estimate of drug-likeness (QED) is 0.887. The number of benzene rings is 1. The number of aromatic nitrogens is 2. The van der Waals surface area contributed by atoms with Crippen molar-refractivity contribution < 1.29 is 14.1 Å². The minimum absolute atomic E-state index is 0.118. The van der Waals surface area contributed by atoms with Crippen LogP contribution in [0.25, 0.3) is 0 Å². The first-order valence-corrected chi connectivity index (χ1v) is 7.25. The molecule has 22 heavy (non-hydrogen) atoms. The summed E-state index contributed by atoms with van der Waals surface area (Å²) in [5, 5.41) is 6.50. The number of carbonyl (C=O) groups is 1. The lowest BCUT2D eigenvalue weighted by molar-refractivity contribution is -0.122. The number of hydrogen-bond acceptors (Lipinski definition) is 5. The summed E-state index contributed by atoms with van der Waals surface area (Å²) in [6, 6.07) is 5.57. The van der Waals surface area contributed by atoms with Gasteiger partial charge in [0, 0.05) is 0 Å². The van der Waals surface area contributed by atoms with Crippen LogP contribution in [0, 0.1) is 20.8 Å². The zero-order chi connectivity index (χ0) is 16.1. The van der Waals surface area contributed by atoms with Crippen molar-refractivity contribution in [2.45, 2.75) is 40.2 Å². The largest absolute Gasteiger partial charge is 0.493 e. The molecule has 118 valence electrons. The highest BCUT2D eigenvalue weighted by molar-refractivity contribution is 5.76. The molecule has 1 amide bonds. The SMILES string of the molecule is Cc1noc(C(C)NC(=O)CCOc2ccc(C)c(C)c2)n1. The number of hydrogen-bond donors (Lipinski definition) is 1. The highest BCUT2D eigenvalue weighted by Gasteiger charge is 2.15. The van der Waals surface area contributed by atoms with Gasteiger partial charge in [0.25, 0.3) is 0 Å². The molecule has 2 rings (SSSR count). The van der Waals surface area contributed by atoms with E-state index in [4.69, 9.17) is 9.26 Å². The molecule has 1 unspecified atom stereocenters. The van der Waals surface area contributed by atoms with Crippen LogP contribution in [-0.2, 0) is 4.79 Å². The van der Waals surface area contributed by atoms with Gasteiger partial charge in [0.15, 0.2) is 5.82 Å². The van der Waals surface area contributed by atoms with E-state index < -0.39 is 0 Å². The Balaban J connectivity index is 1.76. The van der Waals surface area contributed by atoms with Crippen LogP contribution in [0.15, 0.2) is 22.7 Å². The fraction of sp³-hybridized carbons (Fsp3) is 0.438. The number of aryl methyl sites for hydroxylation is 3. The summed E-state index contributed by atoms with van der Waals surface area (Å²) in [5.41, 5.74) is 2.39. The van der Waals surface area contributed by atoms with Crippen LogP contribution < -0.4 is 10.1 Å². The van der Waals surface area contributed by atoms with E-state index in [1.807, 2.05) is 32.0 Å². The smallest absolute Gasteiger partial charge is 0.248 e. The van der Waals surface area contributed by atoms with Crippen molar-refractivity contribution >= 4 is 5.91 Å². The van der Waals surface area contributed by atoms with Crippen molar-refractivity contribution in [3.8, 4) is 5.75 Å². The third-order valence-corrected chi connectivity index (χ3v) is 3.37. The average Bonchev–Trinajstić information content (AvgIpc) is 2.89. The molecule has 6 nitrogen and oxygen atoms in total. The van der Waals surface area contributed by atoms with Crippen LogP contribution in [0.5, 0.6) is 5.75 Å². The first-order valence-electron chi connectivity index (χ1n) is 7.25. The molecule has 0 saturated carbocycles. The number of nitrogens with one attached hydrogen (secondary N) is 1. The molecule has 0 spiro atoms. The van der Waals surface area contributed by atoms with E-state index >= 15 is 0 Å². The minimum atomic E-state index is -0.310. The van der Waals surface area contributed by atoms with Gasteiger partial charge < -0.3 is 14.6 Å². The molecule has 0 radical (unpaired) electrons. The number of nitrogens with zero attached hydrogens (tertiary/aromatic N) is 2. The van der Waals surface area contributed by atoms with Gasteiger partial charge in [0.2, 0.25) is 11.8 Å². The van der Waals surface area contributed by atoms with E-state index in [0.29, 0.717) is 18.3 Å². The van der Waals surface area contributed by atoms with Crippen molar-refractivity contribution in [1.82, 2.24) is 15.5 Å². The van der Waals surface area contributed by atoms with Gasteiger partial charge in [-0.1, -0.05) is 11.2 Å². The van der Waals surface area contributed by atoms with E-state index in [1.54, 1.807) is 13.8 Å². The van der Waals surface area contributed by atoms with Gasteiger partial charge in [-0.15, -0.1) is 0 Å². The van der Waals surface area contributed by atoms with Gasteiger partial charge in [0.05, 0.1) is 13.0 Å². The molecule has 1 aromatic heterocycles. The molecule has 1 atom stereocenters. The number of carbonyl (C=O) groups excluding carboxylic acids is 1. The van der Waals surface area contributed by atoms with Gasteiger partial charge in [-0.25, -0.2) is 0 Å². The maximum absolute atomic E-state index is 11.9. The second-order valence-corrected chi connectivity index (χ2v) is 5.31. The van der Waals surface area contributed by atoms with Crippen molar-refractivity contribution in [1.29, 1.82) is 0 Å². The Kier molecular flexibility index (Phi) is 5.14. The molecule has 0 aliphatic carbocycles. The van der Waals surface area contributed by atoms with E-state index in [0.717, 1.165) is 5.75 Å². The molecular formula is C16H21N3O3. The summed E-state index contributed by atoms with van der Waals surface area (Å²) in [4.78, 5) is 15.9. The van der Waals surface area contributed by atoms with Crippen LogP contribution >= 0.6 is 0 Å². The molecular weight excluding hydrogens is 282 g/mol. The van der Waals surface area contributed by atoms with Crippen LogP contribution in [0.1, 0.15) is 42.2 Å². The topological polar surface area (TPSA) is 77.2 Å². The molecule has 1 heterocycles. The zero-order valence-electron chi connectivity index (χ0n) is 13.3. The van der Waals surface area contributed by atoms with Crippen LogP contribution in [-0.4, -0.2) is 22.7 Å². The third-order valence-electron chi connectivity index (χ3n) is 3.37. The highest BCUT2D eigenvalue weighted by atomic mass is 16.5. The first-order chi connectivity index (χ1) is 10.5. The lowest BCUT2D eigenvalue weighted by Gasteiger charge is -2.11. The predicted molar refractivity (Wildman–Crippen MR) is 81.6 cm³/mol. The van der Waals surface area contributed by atoms with Gasteiger partial charge >= 0.3 is 0 Å². The van der Waals surface area contributed by atoms with Gasteiger partial charge in [-0.2, -0.15) is 4.98 Å². The predicted octanol–water partition coefficient (Wildman–Crippen LogP) is 2.64. The second kappa shape index (κ2) is 7.06. The summed E-state index contributed by atoms with van der Waals surface area (Å²) in [6.45, 7) is 7.94. The van der Waals surface area contributed by atoms with Gasteiger partial charge in [0.1, 0.15) is 11.8 Å². The summed E-state index contributed by atoms with van der Waals surface area (Å²) in [7, 11) is 0. The molecule has 0 saturated heterocycles. The summed E-state index contributed by atoms with van der Waals surface area (Å²) < 4.78 is 10.6. The first kappa shape index (κ1) is 16.0. The Morgan fingerprint density at radius 2 is 2.09 bits per heavy atom. The van der Waals surface area contributed by atoms with Crippen molar-refractivity contribution in [3.63, 3.8) is 0 Å². The van der Waals surface area contributed by atoms with E-state index in [2.05, 4.69) is 15.5 Å². The molecule has 0 aliphatic heterocycles. The van der Waals surface area contributed by atoms with Gasteiger partial charge in [-0.3, -0.25) is 4.79 Å². The Hall–Kier alpha value is -2.37.